The Labute approximate surface area is 155 Å². The van der Waals surface area contributed by atoms with E-state index in [4.69, 9.17) is 27.4 Å². The number of hydrogen-bond donors (Lipinski definition) is 6. The first kappa shape index (κ1) is 17.9. The smallest absolute Gasteiger partial charge is 0.327 e. The SMILES string of the molecule is N=C(N)c1ccc(-c2[nH]c3cc(C(=N)N)ccc3c2C/C=C/C(=O)O)cc1. The zero-order valence-corrected chi connectivity index (χ0v) is 14.4. The molecule has 0 unspecified atom stereocenters. The number of carboxylic acids is 1. The second kappa shape index (κ2) is 7.17. The molecule has 0 saturated heterocycles. The highest BCUT2D eigenvalue weighted by molar-refractivity contribution is 6.01. The summed E-state index contributed by atoms with van der Waals surface area (Å²) in [5.41, 5.74) is 15.8. The number of amidine groups is 2. The van der Waals surface area contributed by atoms with Gasteiger partial charge >= 0.3 is 5.97 Å². The van der Waals surface area contributed by atoms with E-state index in [1.807, 2.05) is 18.2 Å². The number of rotatable bonds is 6. The van der Waals surface area contributed by atoms with Gasteiger partial charge in [0.2, 0.25) is 0 Å². The molecular weight excluding hydrogens is 342 g/mol. The third-order valence-corrected chi connectivity index (χ3v) is 4.28. The van der Waals surface area contributed by atoms with Crippen LogP contribution < -0.4 is 11.5 Å². The summed E-state index contributed by atoms with van der Waals surface area (Å²) in [6.07, 6.45) is 3.14. The van der Waals surface area contributed by atoms with Crippen molar-refractivity contribution < 1.29 is 9.90 Å². The number of aromatic amines is 1. The molecule has 8 N–H and O–H groups in total. The number of allylic oxidation sites excluding steroid dienone is 1. The molecule has 3 rings (SSSR count). The van der Waals surface area contributed by atoms with Crippen LogP contribution in [0.5, 0.6) is 0 Å². The van der Waals surface area contributed by atoms with E-state index in [0.717, 1.165) is 33.8 Å². The summed E-state index contributed by atoms with van der Waals surface area (Å²) in [7, 11) is 0. The van der Waals surface area contributed by atoms with Crippen molar-refractivity contribution in [1.29, 1.82) is 10.8 Å². The standard InChI is InChI=1S/C20H19N5O2/c21-19(22)12-6-4-11(5-7-12)18-15(2-1-3-17(26)27)14-9-8-13(20(23)24)10-16(14)25-18/h1,3-10,25H,2H2,(H3,21,22)(H3,23,24)(H,26,27)/b3-1+. The summed E-state index contributed by atoms with van der Waals surface area (Å²) in [6, 6.07) is 12.7. The Balaban J connectivity index is 2.14. The number of hydrogen-bond acceptors (Lipinski definition) is 3. The molecule has 0 atom stereocenters. The van der Waals surface area contributed by atoms with Crippen LogP contribution in [-0.2, 0) is 11.2 Å². The highest BCUT2D eigenvalue weighted by atomic mass is 16.4. The van der Waals surface area contributed by atoms with Crippen molar-refractivity contribution in [1.82, 2.24) is 4.98 Å². The topological polar surface area (TPSA) is 153 Å². The molecule has 0 aliphatic heterocycles. The second-order valence-corrected chi connectivity index (χ2v) is 6.09. The van der Waals surface area contributed by atoms with Crippen molar-refractivity contribution in [3.8, 4) is 11.3 Å². The summed E-state index contributed by atoms with van der Waals surface area (Å²) < 4.78 is 0. The number of nitrogens with one attached hydrogen (secondary N) is 3. The number of aliphatic carboxylic acids is 1. The largest absolute Gasteiger partial charge is 0.478 e. The molecule has 27 heavy (non-hydrogen) atoms. The van der Waals surface area contributed by atoms with Crippen LogP contribution in [0.4, 0.5) is 0 Å². The lowest BCUT2D eigenvalue weighted by Crippen LogP contribution is -2.10. The Bertz CT molecular complexity index is 1080. The molecule has 0 amide bonds. The number of H-pyrrole nitrogens is 1. The molecule has 0 saturated carbocycles. The van der Waals surface area contributed by atoms with E-state index in [1.165, 1.54) is 0 Å². The molecule has 0 bridgehead atoms. The summed E-state index contributed by atoms with van der Waals surface area (Å²) in [4.78, 5) is 14.1. The van der Waals surface area contributed by atoms with Gasteiger partial charge in [-0.2, -0.15) is 0 Å². The van der Waals surface area contributed by atoms with Gasteiger partial charge < -0.3 is 21.6 Å². The fourth-order valence-corrected chi connectivity index (χ4v) is 2.98. The zero-order valence-electron chi connectivity index (χ0n) is 14.4. The van der Waals surface area contributed by atoms with Gasteiger partial charge in [0.25, 0.3) is 0 Å². The number of aromatic nitrogens is 1. The Morgan fingerprint density at radius 2 is 1.67 bits per heavy atom. The third kappa shape index (κ3) is 3.72. The maximum Gasteiger partial charge on any atom is 0.327 e. The molecule has 136 valence electrons. The van der Waals surface area contributed by atoms with Crippen molar-refractivity contribution in [2.24, 2.45) is 11.5 Å². The number of nitrogen functional groups attached to an aromatic ring is 2. The minimum Gasteiger partial charge on any atom is -0.478 e. The molecule has 7 nitrogen and oxygen atoms in total. The first-order valence-corrected chi connectivity index (χ1v) is 8.20. The summed E-state index contributed by atoms with van der Waals surface area (Å²) in [6.45, 7) is 0. The highest BCUT2D eigenvalue weighted by Crippen LogP contribution is 2.31. The van der Waals surface area contributed by atoms with Gasteiger partial charge in [-0.3, -0.25) is 10.8 Å². The van der Waals surface area contributed by atoms with Gasteiger partial charge in [-0.25, -0.2) is 4.79 Å². The molecule has 0 aliphatic carbocycles. The van der Waals surface area contributed by atoms with Crippen LogP contribution in [0.2, 0.25) is 0 Å². The molecule has 0 spiro atoms. The van der Waals surface area contributed by atoms with Gasteiger partial charge in [0.15, 0.2) is 0 Å². The second-order valence-electron chi connectivity index (χ2n) is 6.09. The highest BCUT2D eigenvalue weighted by Gasteiger charge is 2.14. The lowest BCUT2D eigenvalue weighted by molar-refractivity contribution is -0.131. The van der Waals surface area contributed by atoms with Crippen molar-refractivity contribution in [2.75, 3.05) is 0 Å². The average molecular weight is 361 g/mol. The summed E-state index contributed by atoms with van der Waals surface area (Å²) >= 11 is 0. The maximum atomic E-state index is 10.8. The minimum absolute atomic E-state index is 0.00564. The Hall–Kier alpha value is -3.87. The number of fused-ring (bicyclic) bond motifs is 1. The van der Waals surface area contributed by atoms with Crippen molar-refractivity contribution in [3.63, 3.8) is 0 Å². The lowest BCUT2D eigenvalue weighted by atomic mass is 10.0. The first-order valence-electron chi connectivity index (χ1n) is 8.20. The number of nitrogens with two attached hydrogens (primary N) is 2. The first-order chi connectivity index (χ1) is 12.9. The molecule has 0 fully saturated rings. The normalized spacial score (nSPS) is 11.1. The maximum absolute atomic E-state index is 10.8. The van der Waals surface area contributed by atoms with Crippen molar-refractivity contribution in [2.45, 2.75) is 6.42 Å². The molecule has 7 heteroatoms. The van der Waals surface area contributed by atoms with E-state index in [0.29, 0.717) is 17.5 Å². The molecule has 2 aromatic carbocycles. The van der Waals surface area contributed by atoms with Gasteiger partial charge in [0, 0.05) is 28.1 Å². The predicted molar refractivity (Wildman–Crippen MR) is 106 cm³/mol. The van der Waals surface area contributed by atoms with Crippen LogP contribution in [0, 0.1) is 10.8 Å². The fourth-order valence-electron chi connectivity index (χ4n) is 2.98. The summed E-state index contributed by atoms with van der Waals surface area (Å²) in [5, 5.41) is 24.9. The van der Waals surface area contributed by atoms with Crippen molar-refractivity contribution >= 4 is 28.5 Å². The fraction of sp³-hybridized carbons (Fsp3) is 0.0500. The van der Waals surface area contributed by atoms with E-state index in [2.05, 4.69) is 4.98 Å². The van der Waals surface area contributed by atoms with Crippen LogP contribution in [0.3, 0.4) is 0 Å². The van der Waals surface area contributed by atoms with Gasteiger partial charge in [0.1, 0.15) is 11.7 Å². The third-order valence-electron chi connectivity index (χ3n) is 4.28. The van der Waals surface area contributed by atoms with Crippen LogP contribution >= 0.6 is 0 Å². The molecule has 0 radical (unpaired) electrons. The molecule has 1 heterocycles. The monoisotopic (exact) mass is 361 g/mol. The van der Waals surface area contributed by atoms with Gasteiger partial charge in [-0.05, 0) is 23.6 Å². The molecular formula is C20H19N5O2. The van der Waals surface area contributed by atoms with E-state index >= 15 is 0 Å². The quantitative estimate of drug-likeness (QED) is 0.227. The van der Waals surface area contributed by atoms with Crippen LogP contribution in [0.15, 0.2) is 54.6 Å². The van der Waals surface area contributed by atoms with E-state index < -0.39 is 5.97 Å². The van der Waals surface area contributed by atoms with E-state index in [-0.39, 0.29) is 11.7 Å². The van der Waals surface area contributed by atoms with Crippen LogP contribution in [0.1, 0.15) is 16.7 Å². The van der Waals surface area contributed by atoms with Crippen molar-refractivity contribution in [3.05, 3.63) is 71.3 Å². The average Bonchev–Trinajstić information content (AvgIpc) is 2.99. The molecule has 1 aromatic heterocycles. The van der Waals surface area contributed by atoms with Gasteiger partial charge in [-0.1, -0.05) is 42.5 Å². The van der Waals surface area contributed by atoms with E-state index in [9.17, 15) is 4.79 Å². The Morgan fingerprint density at radius 3 is 2.26 bits per heavy atom. The predicted octanol–water partition coefficient (Wildman–Crippen LogP) is 2.59. The van der Waals surface area contributed by atoms with Gasteiger partial charge in [-0.15, -0.1) is 0 Å². The minimum atomic E-state index is -0.999. The van der Waals surface area contributed by atoms with E-state index in [1.54, 1.807) is 30.3 Å². The Morgan fingerprint density at radius 1 is 1.04 bits per heavy atom. The van der Waals surface area contributed by atoms with Crippen LogP contribution in [0.25, 0.3) is 22.2 Å². The molecule has 3 aromatic rings. The summed E-state index contributed by atoms with van der Waals surface area (Å²) in [5.74, 6) is -1.03. The Kier molecular flexibility index (Phi) is 4.76. The van der Waals surface area contributed by atoms with Crippen LogP contribution in [-0.4, -0.2) is 27.7 Å². The lowest BCUT2D eigenvalue weighted by Gasteiger charge is -2.05. The number of carboxylic acid groups (broad SMARTS) is 1. The number of carbonyl (C=O) groups is 1. The zero-order chi connectivity index (χ0) is 19.6. The number of benzene rings is 2. The molecule has 0 aliphatic rings. The van der Waals surface area contributed by atoms with Gasteiger partial charge in [0.05, 0.1) is 5.69 Å².